The minimum absolute atomic E-state index is 0.00605. The van der Waals surface area contributed by atoms with Crippen molar-refractivity contribution in [3.8, 4) is 0 Å². The number of methoxy groups -OCH3 is 1. The maximum Gasteiger partial charge on any atom is 0.257 e. The van der Waals surface area contributed by atoms with Gasteiger partial charge in [0.15, 0.2) is 0 Å². The van der Waals surface area contributed by atoms with Crippen LogP contribution < -0.4 is 5.32 Å². The number of hydrogen-bond donors (Lipinski definition) is 1. The number of ether oxygens (including phenoxy) is 1. The maximum atomic E-state index is 12.4. The number of nitrogens with zero attached hydrogens (tertiary/aromatic N) is 1. The van der Waals surface area contributed by atoms with E-state index >= 15 is 0 Å². The smallest absolute Gasteiger partial charge is 0.257 e. The first-order chi connectivity index (χ1) is 10.1. The Morgan fingerprint density at radius 2 is 2.33 bits per heavy atom. The molecule has 1 N–H and O–H groups in total. The van der Waals surface area contributed by atoms with Crippen molar-refractivity contribution in [1.82, 2.24) is 10.2 Å². The fourth-order valence-corrected chi connectivity index (χ4v) is 2.57. The highest BCUT2D eigenvalue weighted by molar-refractivity contribution is 5.95. The van der Waals surface area contributed by atoms with Crippen molar-refractivity contribution in [3.63, 3.8) is 0 Å². The second kappa shape index (κ2) is 7.26. The van der Waals surface area contributed by atoms with Crippen LogP contribution in [0.15, 0.2) is 16.7 Å². The van der Waals surface area contributed by atoms with Gasteiger partial charge in [0.05, 0.1) is 24.4 Å². The number of piperidine rings is 1. The molecule has 0 aliphatic carbocycles. The molecule has 1 saturated heterocycles. The molecule has 0 bridgehead atoms. The van der Waals surface area contributed by atoms with Crippen LogP contribution in [0.25, 0.3) is 0 Å². The molecule has 1 atom stereocenters. The molecule has 1 fully saturated rings. The minimum atomic E-state index is -0.147. The van der Waals surface area contributed by atoms with E-state index in [1.807, 2.05) is 0 Å². The normalized spacial score (nSPS) is 18.6. The Morgan fingerprint density at radius 3 is 3.00 bits per heavy atom. The van der Waals surface area contributed by atoms with Gasteiger partial charge in [-0.15, -0.1) is 0 Å². The van der Waals surface area contributed by atoms with Crippen LogP contribution in [0.4, 0.5) is 0 Å². The van der Waals surface area contributed by atoms with Crippen molar-refractivity contribution < 1.29 is 18.7 Å². The zero-order valence-electron chi connectivity index (χ0n) is 12.6. The zero-order valence-corrected chi connectivity index (χ0v) is 12.6. The number of likely N-dealkylation sites (tertiary alicyclic amines) is 1. The third-order valence-corrected chi connectivity index (χ3v) is 3.77. The lowest BCUT2D eigenvalue weighted by Gasteiger charge is -2.32. The molecule has 6 heteroatoms. The second-order valence-corrected chi connectivity index (χ2v) is 5.26. The van der Waals surface area contributed by atoms with Gasteiger partial charge in [0.2, 0.25) is 5.91 Å². The van der Waals surface area contributed by atoms with Crippen LogP contribution in [0.1, 0.15) is 29.0 Å². The Morgan fingerprint density at radius 1 is 1.52 bits per heavy atom. The van der Waals surface area contributed by atoms with E-state index in [9.17, 15) is 9.59 Å². The summed E-state index contributed by atoms with van der Waals surface area (Å²) in [6.07, 6.45) is 3.17. The number of hydrogen-bond acceptors (Lipinski definition) is 4. The summed E-state index contributed by atoms with van der Waals surface area (Å²) in [4.78, 5) is 26.2. The molecule has 1 aliphatic rings. The summed E-state index contributed by atoms with van der Waals surface area (Å²) in [5.41, 5.74) is 0.579. The molecule has 1 aromatic heterocycles. The number of amides is 2. The van der Waals surface area contributed by atoms with Gasteiger partial charge >= 0.3 is 0 Å². The summed E-state index contributed by atoms with van der Waals surface area (Å²) in [7, 11) is 1.60. The molecule has 0 spiro atoms. The van der Waals surface area contributed by atoms with Gasteiger partial charge in [0, 0.05) is 26.7 Å². The molecule has 2 rings (SSSR count). The Bertz CT molecular complexity index is 498. The molecule has 6 nitrogen and oxygen atoms in total. The van der Waals surface area contributed by atoms with Crippen molar-refractivity contribution >= 4 is 11.8 Å². The molecule has 2 heterocycles. The van der Waals surface area contributed by atoms with Crippen LogP contribution in [0.5, 0.6) is 0 Å². The minimum Gasteiger partial charge on any atom is -0.469 e. The van der Waals surface area contributed by atoms with Crippen LogP contribution in [-0.4, -0.2) is 50.1 Å². The van der Waals surface area contributed by atoms with Crippen molar-refractivity contribution in [3.05, 3.63) is 23.7 Å². The molecule has 116 valence electrons. The van der Waals surface area contributed by atoms with Crippen molar-refractivity contribution in [2.24, 2.45) is 5.92 Å². The average Bonchev–Trinajstić information content (AvgIpc) is 2.93. The molecule has 21 heavy (non-hydrogen) atoms. The van der Waals surface area contributed by atoms with E-state index in [-0.39, 0.29) is 17.7 Å². The topological polar surface area (TPSA) is 71.8 Å². The summed E-state index contributed by atoms with van der Waals surface area (Å²) in [6.45, 7) is 3.91. The highest BCUT2D eigenvalue weighted by Crippen LogP contribution is 2.20. The fourth-order valence-electron chi connectivity index (χ4n) is 2.57. The van der Waals surface area contributed by atoms with Gasteiger partial charge in [0.1, 0.15) is 5.76 Å². The van der Waals surface area contributed by atoms with E-state index in [1.165, 1.54) is 6.26 Å². The molecular weight excluding hydrogens is 272 g/mol. The predicted octanol–water partition coefficient (Wildman–Crippen LogP) is 1.20. The summed E-state index contributed by atoms with van der Waals surface area (Å²) < 4.78 is 10.1. The van der Waals surface area contributed by atoms with Crippen LogP contribution in [0.3, 0.4) is 0 Å². The zero-order chi connectivity index (χ0) is 15.2. The number of rotatable bonds is 5. The summed E-state index contributed by atoms with van der Waals surface area (Å²) >= 11 is 0. The summed E-state index contributed by atoms with van der Waals surface area (Å²) in [5.74, 6) is 0.405. The van der Waals surface area contributed by atoms with Crippen LogP contribution >= 0.6 is 0 Å². The highest BCUT2D eigenvalue weighted by atomic mass is 16.5. The largest absolute Gasteiger partial charge is 0.469 e. The van der Waals surface area contributed by atoms with Gasteiger partial charge in [-0.05, 0) is 25.8 Å². The van der Waals surface area contributed by atoms with E-state index in [1.54, 1.807) is 25.0 Å². The number of carbonyl (C=O) groups excluding carboxylic acids is 2. The van der Waals surface area contributed by atoms with Gasteiger partial charge < -0.3 is 19.4 Å². The highest BCUT2D eigenvalue weighted by Gasteiger charge is 2.29. The fraction of sp³-hybridized carbons (Fsp3) is 0.600. The molecule has 1 aromatic rings. The molecule has 1 aliphatic heterocycles. The van der Waals surface area contributed by atoms with Gasteiger partial charge in [0.25, 0.3) is 5.91 Å². The lowest BCUT2D eigenvalue weighted by atomic mass is 9.96. The predicted molar refractivity (Wildman–Crippen MR) is 77.0 cm³/mol. The van der Waals surface area contributed by atoms with Gasteiger partial charge in [-0.1, -0.05) is 0 Å². The Balaban J connectivity index is 1.93. The van der Waals surface area contributed by atoms with E-state index < -0.39 is 0 Å². The van der Waals surface area contributed by atoms with Crippen molar-refractivity contribution in [2.75, 3.05) is 33.4 Å². The molecular formula is C15H22N2O4. The van der Waals surface area contributed by atoms with E-state index in [0.29, 0.717) is 37.6 Å². The van der Waals surface area contributed by atoms with Gasteiger partial charge in [-0.2, -0.15) is 0 Å². The van der Waals surface area contributed by atoms with E-state index in [0.717, 1.165) is 12.8 Å². The molecule has 0 saturated carbocycles. The molecule has 2 amide bonds. The second-order valence-electron chi connectivity index (χ2n) is 5.26. The Hall–Kier alpha value is -1.82. The average molecular weight is 294 g/mol. The number of carbonyl (C=O) groups is 2. The van der Waals surface area contributed by atoms with E-state index in [2.05, 4.69) is 5.32 Å². The van der Waals surface area contributed by atoms with Gasteiger partial charge in [-0.3, -0.25) is 9.59 Å². The first-order valence-corrected chi connectivity index (χ1v) is 7.23. The SMILES string of the molecule is COCCNC(=O)C1CCCN(C(=O)c2ccoc2C)C1. The van der Waals surface area contributed by atoms with Crippen molar-refractivity contribution in [1.29, 1.82) is 0 Å². The van der Waals surface area contributed by atoms with Crippen LogP contribution in [0, 0.1) is 12.8 Å². The van der Waals surface area contributed by atoms with Crippen LogP contribution in [-0.2, 0) is 9.53 Å². The lowest BCUT2D eigenvalue weighted by molar-refractivity contribution is -0.126. The molecule has 1 unspecified atom stereocenters. The third-order valence-electron chi connectivity index (χ3n) is 3.77. The van der Waals surface area contributed by atoms with E-state index in [4.69, 9.17) is 9.15 Å². The quantitative estimate of drug-likeness (QED) is 0.828. The monoisotopic (exact) mass is 294 g/mol. The van der Waals surface area contributed by atoms with Crippen LogP contribution in [0.2, 0.25) is 0 Å². The lowest BCUT2D eigenvalue weighted by Crippen LogP contribution is -2.46. The first-order valence-electron chi connectivity index (χ1n) is 7.23. The summed E-state index contributed by atoms with van der Waals surface area (Å²) in [5, 5.41) is 2.84. The molecule has 0 aromatic carbocycles. The summed E-state index contributed by atoms with van der Waals surface area (Å²) in [6, 6.07) is 1.68. The third kappa shape index (κ3) is 3.85. The van der Waals surface area contributed by atoms with Gasteiger partial charge in [-0.25, -0.2) is 0 Å². The standard InChI is InChI=1S/C15H22N2O4/c1-11-13(5-8-21-11)15(19)17-7-3-4-12(10-17)14(18)16-6-9-20-2/h5,8,12H,3-4,6-7,9-10H2,1-2H3,(H,16,18). The number of nitrogens with one attached hydrogen (secondary N) is 1. The maximum absolute atomic E-state index is 12.4. The number of furan rings is 1. The number of aryl methyl sites for hydroxylation is 1. The Labute approximate surface area is 124 Å². The molecule has 0 radical (unpaired) electrons. The Kier molecular flexibility index (Phi) is 5.38. The first kappa shape index (κ1) is 15.6. The van der Waals surface area contributed by atoms with Crippen molar-refractivity contribution in [2.45, 2.75) is 19.8 Å².